The van der Waals surface area contributed by atoms with Gasteiger partial charge in [0.05, 0.1) is 12.7 Å². The molecule has 0 aromatic heterocycles. The second-order valence-corrected chi connectivity index (χ2v) is 2.31. The lowest BCUT2D eigenvalue weighted by Gasteiger charge is -1.99. The number of methoxy groups -OCH3 is 1. The molecule has 0 aliphatic rings. The molecule has 0 saturated heterocycles. The Labute approximate surface area is 71.1 Å². The molecule has 1 radical (unpaired) electrons. The third kappa shape index (κ3) is 1.83. The molecule has 0 saturated carbocycles. The van der Waals surface area contributed by atoms with E-state index in [2.05, 4.69) is 10.8 Å². The summed E-state index contributed by atoms with van der Waals surface area (Å²) in [6.07, 6.45) is 0. The van der Waals surface area contributed by atoms with Gasteiger partial charge in [-0.2, -0.15) is 0 Å². The van der Waals surface area contributed by atoms with Crippen LogP contribution >= 0.6 is 0 Å². The van der Waals surface area contributed by atoms with Gasteiger partial charge in [0.1, 0.15) is 0 Å². The minimum absolute atomic E-state index is 0.376. The van der Waals surface area contributed by atoms with Crippen molar-refractivity contribution < 1.29 is 9.53 Å². The molecule has 1 aromatic rings. The summed E-state index contributed by atoms with van der Waals surface area (Å²) in [6, 6.07) is 7.90. The zero-order valence-corrected chi connectivity index (χ0v) is 6.83. The van der Waals surface area contributed by atoms with E-state index in [1.807, 2.05) is 0 Å². The van der Waals surface area contributed by atoms with Crippen molar-refractivity contribution in [3.05, 3.63) is 35.4 Å². The molecule has 12 heavy (non-hydrogen) atoms. The Hall–Kier alpha value is -1.35. The first kappa shape index (κ1) is 8.74. The summed E-state index contributed by atoms with van der Waals surface area (Å²) in [5, 5.41) is 0. The molecule has 63 valence electrons. The van der Waals surface area contributed by atoms with E-state index in [0.29, 0.717) is 12.1 Å². The Morgan fingerprint density at radius 1 is 1.67 bits per heavy atom. The van der Waals surface area contributed by atoms with Gasteiger partial charge in [0.15, 0.2) is 0 Å². The Morgan fingerprint density at radius 2 is 2.42 bits per heavy atom. The molecule has 0 aliphatic heterocycles. The van der Waals surface area contributed by atoms with Gasteiger partial charge in [-0.05, 0) is 23.8 Å². The van der Waals surface area contributed by atoms with Gasteiger partial charge in [-0.1, -0.05) is 6.07 Å². The summed E-state index contributed by atoms with van der Waals surface area (Å²) in [6.45, 7) is 0.456. The molecule has 0 unspecified atom stereocenters. The molecular weight excluding hydrogens is 154 g/mol. The molecule has 2 N–H and O–H groups in total. The number of benzene rings is 1. The fourth-order valence-corrected chi connectivity index (χ4v) is 0.821. The molecule has 0 amide bonds. The minimum atomic E-state index is -0.376. The molecule has 0 heterocycles. The van der Waals surface area contributed by atoms with E-state index in [-0.39, 0.29) is 5.97 Å². The van der Waals surface area contributed by atoms with Crippen LogP contribution in [0.25, 0.3) is 0 Å². The van der Waals surface area contributed by atoms with Crippen LogP contribution in [0.4, 0.5) is 0 Å². The van der Waals surface area contributed by atoms with Gasteiger partial charge < -0.3 is 10.5 Å². The fraction of sp³-hybridized carbons (Fsp3) is 0.222. The summed E-state index contributed by atoms with van der Waals surface area (Å²) in [5.74, 6) is -0.376. The first-order chi connectivity index (χ1) is 5.77. The predicted octanol–water partition coefficient (Wildman–Crippen LogP) is 0.732. The van der Waals surface area contributed by atoms with Crippen LogP contribution in [0.2, 0.25) is 0 Å². The van der Waals surface area contributed by atoms with Crippen molar-refractivity contribution in [2.45, 2.75) is 6.54 Å². The average molecular weight is 164 g/mol. The zero-order chi connectivity index (χ0) is 8.97. The lowest BCUT2D eigenvalue weighted by atomic mass is 10.1. The van der Waals surface area contributed by atoms with Crippen molar-refractivity contribution in [1.82, 2.24) is 0 Å². The Balaban J connectivity index is 2.84. The molecule has 1 rings (SSSR count). The van der Waals surface area contributed by atoms with E-state index in [4.69, 9.17) is 5.73 Å². The first-order valence-electron chi connectivity index (χ1n) is 3.57. The maximum atomic E-state index is 10.9. The zero-order valence-electron chi connectivity index (χ0n) is 6.83. The number of hydrogen-bond donors (Lipinski definition) is 1. The van der Waals surface area contributed by atoms with Crippen molar-refractivity contribution >= 4 is 5.97 Å². The van der Waals surface area contributed by atoms with Crippen LogP contribution in [0.3, 0.4) is 0 Å². The quantitative estimate of drug-likeness (QED) is 0.655. The van der Waals surface area contributed by atoms with Crippen LogP contribution in [0, 0.1) is 6.07 Å². The molecule has 0 spiro atoms. The van der Waals surface area contributed by atoms with Crippen molar-refractivity contribution in [3.8, 4) is 0 Å². The van der Waals surface area contributed by atoms with E-state index in [1.165, 1.54) is 7.11 Å². The lowest BCUT2D eigenvalue weighted by Crippen LogP contribution is -2.02. The van der Waals surface area contributed by atoms with Crippen LogP contribution in [-0.4, -0.2) is 13.1 Å². The third-order valence-corrected chi connectivity index (χ3v) is 1.52. The molecule has 0 bridgehead atoms. The number of esters is 1. The van der Waals surface area contributed by atoms with Crippen molar-refractivity contribution in [2.24, 2.45) is 5.73 Å². The Morgan fingerprint density at radius 3 is 2.83 bits per heavy atom. The molecule has 1 aromatic carbocycles. The van der Waals surface area contributed by atoms with Gasteiger partial charge in [-0.3, -0.25) is 0 Å². The topological polar surface area (TPSA) is 52.3 Å². The van der Waals surface area contributed by atoms with E-state index in [0.717, 1.165) is 5.56 Å². The van der Waals surface area contributed by atoms with Crippen molar-refractivity contribution in [3.63, 3.8) is 0 Å². The predicted molar refractivity (Wildman–Crippen MR) is 44.5 cm³/mol. The number of carbonyl (C=O) groups is 1. The maximum Gasteiger partial charge on any atom is 0.338 e. The van der Waals surface area contributed by atoms with Crippen LogP contribution in [0.1, 0.15) is 15.9 Å². The van der Waals surface area contributed by atoms with E-state index < -0.39 is 0 Å². The van der Waals surface area contributed by atoms with Gasteiger partial charge in [0.25, 0.3) is 0 Å². The molecule has 3 heteroatoms. The molecule has 0 fully saturated rings. The largest absolute Gasteiger partial charge is 0.465 e. The normalized spacial score (nSPS) is 9.50. The van der Waals surface area contributed by atoms with Gasteiger partial charge in [0.2, 0.25) is 0 Å². The van der Waals surface area contributed by atoms with Crippen LogP contribution in [0.5, 0.6) is 0 Å². The van der Waals surface area contributed by atoms with Crippen molar-refractivity contribution in [1.29, 1.82) is 0 Å². The van der Waals surface area contributed by atoms with Gasteiger partial charge >= 0.3 is 5.97 Å². The molecule has 0 aliphatic carbocycles. The average Bonchev–Trinajstić information content (AvgIpc) is 2.17. The van der Waals surface area contributed by atoms with Gasteiger partial charge in [-0.25, -0.2) is 4.79 Å². The number of carbonyl (C=O) groups excluding carboxylic acids is 1. The fourth-order valence-electron chi connectivity index (χ4n) is 0.821. The summed E-state index contributed by atoms with van der Waals surface area (Å²) in [5.41, 5.74) is 6.74. The monoisotopic (exact) mass is 164 g/mol. The van der Waals surface area contributed by atoms with E-state index >= 15 is 0 Å². The highest BCUT2D eigenvalue weighted by molar-refractivity contribution is 5.88. The highest BCUT2D eigenvalue weighted by atomic mass is 16.5. The van der Waals surface area contributed by atoms with E-state index in [1.54, 1.807) is 18.2 Å². The number of ether oxygens (including phenoxy) is 1. The minimum Gasteiger partial charge on any atom is -0.465 e. The summed E-state index contributed by atoms with van der Waals surface area (Å²) < 4.78 is 4.51. The molecule has 0 atom stereocenters. The van der Waals surface area contributed by atoms with E-state index in [9.17, 15) is 4.79 Å². The second kappa shape index (κ2) is 3.88. The molecular formula is C9H10NO2. The summed E-state index contributed by atoms with van der Waals surface area (Å²) in [7, 11) is 1.34. The Kier molecular flexibility index (Phi) is 2.82. The smallest absolute Gasteiger partial charge is 0.338 e. The lowest BCUT2D eigenvalue weighted by molar-refractivity contribution is 0.0600. The first-order valence-corrected chi connectivity index (χ1v) is 3.57. The number of rotatable bonds is 2. The highest BCUT2D eigenvalue weighted by Gasteiger charge is 2.03. The van der Waals surface area contributed by atoms with Crippen molar-refractivity contribution in [2.75, 3.05) is 7.11 Å². The summed E-state index contributed by atoms with van der Waals surface area (Å²) >= 11 is 0. The Bertz CT molecular complexity index is 266. The SMILES string of the molecule is COC(=O)c1[c]cc(CN)cc1. The third-order valence-electron chi connectivity index (χ3n) is 1.52. The standard InChI is InChI=1S/C9H10NO2/c1-12-9(11)8-4-2-7(6-10)3-5-8/h2-4H,6,10H2,1H3. The van der Waals surface area contributed by atoms with Crippen LogP contribution in [-0.2, 0) is 11.3 Å². The number of hydrogen-bond acceptors (Lipinski definition) is 3. The van der Waals surface area contributed by atoms with Crippen LogP contribution < -0.4 is 5.73 Å². The second-order valence-electron chi connectivity index (χ2n) is 2.31. The maximum absolute atomic E-state index is 10.9. The van der Waals surface area contributed by atoms with Crippen LogP contribution in [0.15, 0.2) is 18.2 Å². The highest BCUT2D eigenvalue weighted by Crippen LogP contribution is 2.03. The van der Waals surface area contributed by atoms with Gasteiger partial charge in [-0.15, -0.1) is 0 Å². The number of nitrogens with two attached hydrogens (primary N) is 1. The van der Waals surface area contributed by atoms with Gasteiger partial charge in [0, 0.05) is 6.54 Å². The summed E-state index contributed by atoms with van der Waals surface area (Å²) in [4.78, 5) is 10.9. The molecule has 3 nitrogen and oxygen atoms in total.